The number of hydrogen-bond donors (Lipinski definition) is 2. The number of hydrogen-bond acceptors (Lipinski definition) is 5. The number of carboxylic acids is 1. The molecule has 2 aromatic heterocycles. The minimum absolute atomic E-state index is 0.231. The van der Waals surface area contributed by atoms with E-state index in [-0.39, 0.29) is 5.56 Å². The molecule has 0 aromatic carbocycles. The van der Waals surface area contributed by atoms with Crippen LogP contribution in [0.2, 0.25) is 0 Å². The maximum absolute atomic E-state index is 11.2. The topological polar surface area (TPSA) is 79.4 Å². The van der Waals surface area contributed by atoms with E-state index in [9.17, 15) is 4.79 Å². The molecular weight excluding hydrogens is 250 g/mol. The standard InChI is InChI=1S/C12H13N3O2S/c13-11-7-5-9(15-3-1-2-4-15)18-10(7)8(6-14-11)12(16)17/h5-6H,1-4H2,(H2,13,14)(H,16,17). The number of nitrogen functional groups attached to an aromatic ring is 1. The summed E-state index contributed by atoms with van der Waals surface area (Å²) in [5, 5.41) is 11.0. The lowest BCUT2D eigenvalue weighted by Crippen LogP contribution is -2.15. The van der Waals surface area contributed by atoms with Crippen LogP contribution in [0.1, 0.15) is 23.2 Å². The predicted molar refractivity (Wildman–Crippen MR) is 72.4 cm³/mol. The van der Waals surface area contributed by atoms with Gasteiger partial charge in [0.05, 0.1) is 15.3 Å². The fourth-order valence-corrected chi connectivity index (χ4v) is 3.50. The van der Waals surface area contributed by atoms with Gasteiger partial charge in [-0.2, -0.15) is 0 Å². The van der Waals surface area contributed by atoms with Crippen LogP contribution in [0.4, 0.5) is 10.8 Å². The van der Waals surface area contributed by atoms with Gasteiger partial charge in [0.2, 0.25) is 0 Å². The molecule has 0 bridgehead atoms. The van der Waals surface area contributed by atoms with Gasteiger partial charge in [-0.15, -0.1) is 11.3 Å². The van der Waals surface area contributed by atoms with Gasteiger partial charge in [-0.1, -0.05) is 0 Å². The second-order valence-electron chi connectivity index (χ2n) is 4.38. The van der Waals surface area contributed by atoms with Crippen LogP contribution < -0.4 is 10.6 Å². The fourth-order valence-electron chi connectivity index (χ4n) is 2.28. The molecule has 3 N–H and O–H groups in total. The van der Waals surface area contributed by atoms with Crippen LogP contribution in [-0.2, 0) is 0 Å². The van der Waals surface area contributed by atoms with Crippen molar-refractivity contribution in [2.45, 2.75) is 12.8 Å². The molecule has 2 aromatic rings. The first-order chi connectivity index (χ1) is 8.66. The lowest BCUT2D eigenvalue weighted by molar-refractivity contribution is 0.0699. The molecule has 0 atom stereocenters. The number of anilines is 2. The molecule has 0 amide bonds. The van der Waals surface area contributed by atoms with Crippen LogP contribution in [0, 0.1) is 0 Å². The lowest BCUT2D eigenvalue weighted by Gasteiger charge is -2.13. The van der Waals surface area contributed by atoms with Crippen molar-refractivity contribution in [2.75, 3.05) is 23.7 Å². The molecular formula is C12H13N3O2S. The van der Waals surface area contributed by atoms with Crippen molar-refractivity contribution in [3.05, 3.63) is 17.8 Å². The summed E-state index contributed by atoms with van der Waals surface area (Å²) in [4.78, 5) is 17.4. The molecule has 6 heteroatoms. The third-order valence-electron chi connectivity index (χ3n) is 3.22. The Hall–Kier alpha value is -1.82. The van der Waals surface area contributed by atoms with E-state index in [1.54, 1.807) is 0 Å². The average molecular weight is 263 g/mol. The van der Waals surface area contributed by atoms with Gasteiger partial charge in [0.15, 0.2) is 0 Å². The number of fused-ring (bicyclic) bond motifs is 1. The highest BCUT2D eigenvalue weighted by Crippen LogP contribution is 2.37. The summed E-state index contributed by atoms with van der Waals surface area (Å²) in [5.41, 5.74) is 6.05. The largest absolute Gasteiger partial charge is 0.478 e. The normalized spacial score (nSPS) is 15.4. The molecule has 1 fully saturated rings. The summed E-state index contributed by atoms with van der Waals surface area (Å²) in [7, 11) is 0. The molecule has 0 radical (unpaired) electrons. The quantitative estimate of drug-likeness (QED) is 0.868. The van der Waals surface area contributed by atoms with Crippen molar-refractivity contribution in [3.63, 3.8) is 0 Å². The third kappa shape index (κ3) is 1.69. The Morgan fingerprint density at radius 2 is 2.17 bits per heavy atom. The highest BCUT2D eigenvalue weighted by Gasteiger charge is 2.19. The van der Waals surface area contributed by atoms with Crippen LogP contribution in [0.25, 0.3) is 10.1 Å². The Kier molecular flexibility index (Phi) is 2.59. The van der Waals surface area contributed by atoms with Crippen LogP contribution >= 0.6 is 11.3 Å². The van der Waals surface area contributed by atoms with Gasteiger partial charge in [0, 0.05) is 24.7 Å². The van der Waals surface area contributed by atoms with Crippen LogP contribution in [0.15, 0.2) is 12.3 Å². The van der Waals surface area contributed by atoms with Gasteiger partial charge in [0.25, 0.3) is 0 Å². The minimum atomic E-state index is -0.956. The van der Waals surface area contributed by atoms with Crippen molar-refractivity contribution in [1.29, 1.82) is 0 Å². The molecule has 1 saturated heterocycles. The zero-order chi connectivity index (χ0) is 12.7. The summed E-state index contributed by atoms with van der Waals surface area (Å²) in [6, 6.07) is 1.96. The van der Waals surface area contributed by atoms with E-state index in [0.29, 0.717) is 5.82 Å². The van der Waals surface area contributed by atoms with Crippen molar-refractivity contribution >= 4 is 38.2 Å². The van der Waals surface area contributed by atoms with Crippen molar-refractivity contribution in [1.82, 2.24) is 4.98 Å². The van der Waals surface area contributed by atoms with E-state index >= 15 is 0 Å². The number of nitrogens with two attached hydrogens (primary N) is 1. The van der Waals surface area contributed by atoms with Crippen molar-refractivity contribution in [2.24, 2.45) is 0 Å². The fraction of sp³-hybridized carbons (Fsp3) is 0.333. The highest BCUT2D eigenvalue weighted by atomic mass is 32.1. The molecule has 1 aliphatic heterocycles. The number of aromatic nitrogens is 1. The second kappa shape index (κ2) is 4.13. The summed E-state index contributed by atoms with van der Waals surface area (Å²) in [5.74, 6) is -0.556. The first-order valence-electron chi connectivity index (χ1n) is 5.83. The lowest BCUT2D eigenvalue weighted by atomic mass is 10.2. The second-order valence-corrected chi connectivity index (χ2v) is 5.41. The van der Waals surface area contributed by atoms with Crippen LogP contribution in [0.5, 0.6) is 0 Å². The average Bonchev–Trinajstić information content (AvgIpc) is 2.97. The number of carboxylic acid groups (broad SMARTS) is 1. The molecule has 1 aliphatic rings. The molecule has 3 heterocycles. The van der Waals surface area contributed by atoms with Gasteiger partial charge in [-0.3, -0.25) is 0 Å². The van der Waals surface area contributed by atoms with Crippen LogP contribution in [0.3, 0.4) is 0 Å². The number of thiophene rings is 1. The van der Waals surface area contributed by atoms with E-state index < -0.39 is 5.97 Å². The zero-order valence-corrected chi connectivity index (χ0v) is 10.5. The molecule has 3 rings (SSSR count). The molecule has 0 unspecified atom stereocenters. The Morgan fingerprint density at radius 3 is 2.83 bits per heavy atom. The van der Waals surface area contributed by atoms with Gasteiger partial charge < -0.3 is 15.7 Å². The maximum atomic E-state index is 11.2. The highest BCUT2D eigenvalue weighted by molar-refractivity contribution is 7.23. The molecule has 18 heavy (non-hydrogen) atoms. The van der Waals surface area contributed by atoms with Gasteiger partial charge in [-0.05, 0) is 18.9 Å². The summed E-state index contributed by atoms with van der Waals surface area (Å²) in [6.45, 7) is 2.06. The molecule has 5 nitrogen and oxygen atoms in total. The number of pyridine rings is 1. The molecule has 94 valence electrons. The molecule has 0 spiro atoms. The van der Waals surface area contributed by atoms with Gasteiger partial charge in [-0.25, -0.2) is 9.78 Å². The maximum Gasteiger partial charge on any atom is 0.338 e. The number of aromatic carboxylic acids is 1. The van der Waals surface area contributed by atoms with Crippen molar-refractivity contribution < 1.29 is 9.90 Å². The van der Waals surface area contributed by atoms with E-state index in [1.807, 2.05) is 6.07 Å². The van der Waals surface area contributed by atoms with Gasteiger partial charge in [0.1, 0.15) is 5.82 Å². The van der Waals surface area contributed by atoms with E-state index in [1.165, 1.54) is 30.4 Å². The molecule has 0 saturated carbocycles. The first-order valence-corrected chi connectivity index (χ1v) is 6.65. The Labute approximate surface area is 108 Å². The summed E-state index contributed by atoms with van der Waals surface area (Å²) < 4.78 is 0.719. The first kappa shape index (κ1) is 11.3. The predicted octanol–water partition coefficient (Wildman–Crippen LogP) is 2.18. The zero-order valence-electron chi connectivity index (χ0n) is 9.72. The summed E-state index contributed by atoms with van der Waals surface area (Å²) in [6.07, 6.45) is 3.71. The number of carbonyl (C=O) groups is 1. The summed E-state index contributed by atoms with van der Waals surface area (Å²) >= 11 is 1.49. The van der Waals surface area contributed by atoms with Crippen molar-refractivity contribution in [3.8, 4) is 0 Å². The minimum Gasteiger partial charge on any atom is -0.478 e. The van der Waals surface area contributed by atoms with Gasteiger partial charge >= 0.3 is 5.97 Å². The van der Waals surface area contributed by atoms with E-state index in [2.05, 4.69) is 9.88 Å². The monoisotopic (exact) mass is 263 g/mol. The Bertz CT molecular complexity index is 617. The number of rotatable bonds is 2. The SMILES string of the molecule is Nc1ncc(C(=O)O)c2sc(N3CCCC3)cc12. The third-order valence-corrected chi connectivity index (χ3v) is 4.45. The smallest absolute Gasteiger partial charge is 0.338 e. The Balaban J connectivity index is 2.17. The Morgan fingerprint density at radius 1 is 1.44 bits per heavy atom. The molecule has 0 aliphatic carbocycles. The van der Waals surface area contributed by atoms with E-state index in [0.717, 1.165) is 28.2 Å². The van der Waals surface area contributed by atoms with E-state index in [4.69, 9.17) is 10.8 Å². The van der Waals surface area contributed by atoms with Crippen LogP contribution in [-0.4, -0.2) is 29.1 Å². The number of nitrogens with zero attached hydrogens (tertiary/aromatic N) is 2.